The van der Waals surface area contributed by atoms with E-state index in [1.807, 2.05) is 30.3 Å². The Kier molecular flexibility index (Phi) is 5.94. The van der Waals surface area contributed by atoms with E-state index in [-0.39, 0.29) is 28.7 Å². The molecular weight excluding hydrogens is 419 g/mol. The van der Waals surface area contributed by atoms with Crippen LogP contribution in [0.2, 0.25) is 0 Å². The van der Waals surface area contributed by atoms with Crippen molar-refractivity contribution >= 4 is 10.0 Å². The molecule has 4 rings (SSSR count). The summed E-state index contributed by atoms with van der Waals surface area (Å²) in [5.74, 6) is 0.0779. The van der Waals surface area contributed by atoms with Crippen LogP contribution in [-0.2, 0) is 28.0 Å². The largest absolute Gasteiger partial charge is 0.437 e. The number of nitrogens with two attached hydrogens (primary N) is 1. The molecule has 0 atom stereocenters. The summed E-state index contributed by atoms with van der Waals surface area (Å²) in [5, 5.41) is 5.39. The number of ether oxygens (including phenoxy) is 1. The van der Waals surface area contributed by atoms with E-state index in [0.717, 1.165) is 5.56 Å². The number of sulfonamides is 1. The Morgan fingerprint density at radius 3 is 2.29 bits per heavy atom. The Morgan fingerprint density at radius 1 is 0.903 bits per heavy atom. The molecule has 8 heteroatoms. The summed E-state index contributed by atoms with van der Waals surface area (Å²) in [5.41, 5.74) is 2.20. The first-order valence-corrected chi connectivity index (χ1v) is 11.0. The van der Waals surface area contributed by atoms with Gasteiger partial charge in [-0.3, -0.25) is 0 Å². The van der Waals surface area contributed by atoms with Gasteiger partial charge in [0.1, 0.15) is 18.1 Å². The van der Waals surface area contributed by atoms with Crippen molar-refractivity contribution in [2.45, 2.75) is 18.1 Å². The molecule has 0 radical (unpaired) electrons. The van der Waals surface area contributed by atoms with Crippen molar-refractivity contribution in [2.24, 2.45) is 5.14 Å². The molecule has 31 heavy (non-hydrogen) atoms. The lowest BCUT2D eigenvalue weighted by atomic mass is 10.1. The lowest BCUT2D eigenvalue weighted by Crippen LogP contribution is -2.13. The van der Waals surface area contributed by atoms with Crippen molar-refractivity contribution < 1.29 is 22.0 Å². The van der Waals surface area contributed by atoms with Crippen LogP contribution in [0.5, 0.6) is 0 Å². The Balaban J connectivity index is 1.72. The first-order valence-electron chi connectivity index (χ1n) is 9.41. The average molecular weight is 438 g/mol. The summed E-state index contributed by atoms with van der Waals surface area (Å²) in [6.45, 7) is 0.429. The first-order chi connectivity index (χ1) is 14.9. The molecular formula is C23H19FN2O4S. The average Bonchev–Trinajstić information content (AvgIpc) is 3.18. The topological polar surface area (TPSA) is 95.4 Å². The molecule has 1 heterocycles. The molecule has 4 aromatic rings. The normalized spacial score (nSPS) is 11.5. The minimum atomic E-state index is -4.01. The summed E-state index contributed by atoms with van der Waals surface area (Å²) in [6, 6.07) is 21.5. The van der Waals surface area contributed by atoms with Crippen LogP contribution < -0.4 is 5.14 Å². The van der Waals surface area contributed by atoms with Crippen LogP contribution in [0.1, 0.15) is 11.5 Å². The number of hydrogen-bond acceptors (Lipinski definition) is 5. The fourth-order valence-electron chi connectivity index (χ4n) is 3.14. The molecule has 0 aliphatic carbocycles. The van der Waals surface area contributed by atoms with E-state index in [2.05, 4.69) is 4.98 Å². The van der Waals surface area contributed by atoms with Crippen LogP contribution >= 0.6 is 0 Å². The van der Waals surface area contributed by atoms with Gasteiger partial charge in [-0.15, -0.1) is 0 Å². The van der Waals surface area contributed by atoms with E-state index >= 15 is 0 Å². The SMILES string of the molecule is NS(=O)(=O)c1ccccc1-c1oc(COCc2ccccc2)nc1-c1ccc(F)cc1. The molecule has 3 aromatic carbocycles. The fourth-order valence-corrected chi connectivity index (χ4v) is 3.88. The number of rotatable bonds is 7. The zero-order valence-electron chi connectivity index (χ0n) is 16.4. The van der Waals surface area contributed by atoms with Crippen LogP contribution in [0.25, 0.3) is 22.6 Å². The molecule has 2 N–H and O–H groups in total. The zero-order chi connectivity index (χ0) is 21.8. The van der Waals surface area contributed by atoms with Crippen LogP contribution in [0.15, 0.2) is 88.2 Å². The second-order valence-corrected chi connectivity index (χ2v) is 8.34. The van der Waals surface area contributed by atoms with Gasteiger partial charge >= 0.3 is 0 Å². The van der Waals surface area contributed by atoms with Gasteiger partial charge in [0, 0.05) is 11.1 Å². The van der Waals surface area contributed by atoms with Gasteiger partial charge < -0.3 is 9.15 Å². The highest BCUT2D eigenvalue weighted by Gasteiger charge is 2.23. The molecule has 0 spiro atoms. The van der Waals surface area contributed by atoms with Gasteiger partial charge in [-0.2, -0.15) is 0 Å². The fraction of sp³-hybridized carbons (Fsp3) is 0.0870. The van der Waals surface area contributed by atoms with Crippen molar-refractivity contribution in [3.05, 3.63) is 96.1 Å². The quantitative estimate of drug-likeness (QED) is 0.458. The van der Waals surface area contributed by atoms with Crippen LogP contribution in [-0.4, -0.2) is 13.4 Å². The maximum Gasteiger partial charge on any atom is 0.238 e. The van der Waals surface area contributed by atoms with Gasteiger partial charge in [0.25, 0.3) is 0 Å². The highest BCUT2D eigenvalue weighted by Crippen LogP contribution is 2.36. The Bertz CT molecular complexity index is 1290. The number of oxazole rings is 1. The van der Waals surface area contributed by atoms with Crippen LogP contribution in [0, 0.1) is 5.82 Å². The Morgan fingerprint density at radius 2 is 1.58 bits per heavy atom. The smallest absolute Gasteiger partial charge is 0.238 e. The molecule has 6 nitrogen and oxygen atoms in total. The summed E-state index contributed by atoms with van der Waals surface area (Å²) < 4.78 is 49.2. The summed E-state index contributed by atoms with van der Waals surface area (Å²) in [7, 11) is -4.01. The molecule has 0 aliphatic heterocycles. The van der Waals surface area contributed by atoms with Crippen molar-refractivity contribution in [3.63, 3.8) is 0 Å². The van der Waals surface area contributed by atoms with E-state index in [0.29, 0.717) is 17.9 Å². The van der Waals surface area contributed by atoms with Crippen molar-refractivity contribution in [1.29, 1.82) is 0 Å². The Hall–Kier alpha value is -3.33. The maximum atomic E-state index is 13.4. The number of aromatic nitrogens is 1. The summed E-state index contributed by atoms with van der Waals surface area (Å²) in [4.78, 5) is 4.40. The summed E-state index contributed by atoms with van der Waals surface area (Å²) >= 11 is 0. The number of hydrogen-bond donors (Lipinski definition) is 1. The van der Waals surface area contributed by atoms with E-state index in [9.17, 15) is 12.8 Å². The predicted octanol–water partition coefficient (Wildman–Crippen LogP) is 4.51. The van der Waals surface area contributed by atoms with Crippen LogP contribution in [0.3, 0.4) is 0 Å². The van der Waals surface area contributed by atoms with Gasteiger partial charge in [-0.25, -0.2) is 22.9 Å². The zero-order valence-corrected chi connectivity index (χ0v) is 17.2. The van der Waals surface area contributed by atoms with Gasteiger partial charge in [-0.1, -0.05) is 42.5 Å². The molecule has 1 aromatic heterocycles. The lowest BCUT2D eigenvalue weighted by Gasteiger charge is -2.07. The first kappa shape index (κ1) is 20.9. The van der Waals surface area contributed by atoms with Gasteiger partial charge in [-0.05, 0) is 42.0 Å². The maximum absolute atomic E-state index is 13.4. The Labute approximate surface area is 179 Å². The molecule has 0 bridgehead atoms. The molecule has 0 aliphatic rings. The molecule has 0 amide bonds. The third-order valence-electron chi connectivity index (χ3n) is 4.56. The second kappa shape index (κ2) is 8.81. The molecule has 0 unspecified atom stereocenters. The third kappa shape index (κ3) is 4.88. The number of benzene rings is 3. The van der Waals surface area contributed by atoms with E-state index in [4.69, 9.17) is 14.3 Å². The highest BCUT2D eigenvalue weighted by atomic mass is 32.2. The van der Waals surface area contributed by atoms with Gasteiger partial charge in [0.15, 0.2) is 5.76 Å². The molecule has 0 fully saturated rings. The minimum Gasteiger partial charge on any atom is -0.437 e. The van der Waals surface area contributed by atoms with Crippen molar-refractivity contribution in [1.82, 2.24) is 4.98 Å². The van der Waals surface area contributed by atoms with Gasteiger partial charge in [0.2, 0.25) is 15.9 Å². The predicted molar refractivity (Wildman–Crippen MR) is 114 cm³/mol. The van der Waals surface area contributed by atoms with E-state index < -0.39 is 15.8 Å². The lowest BCUT2D eigenvalue weighted by molar-refractivity contribution is 0.0900. The minimum absolute atomic E-state index is 0.0701. The van der Waals surface area contributed by atoms with Gasteiger partial charge in [0.05, 0.1) is 11.5 Å². The third-order valence-corrected chi connectivity index (χ3v) is 5.53. The monoisotopic (exact) mass is 438 g/mol. The van der Waals surface area contributed by atoms with Crippen LogP contribution in [0.4, 0.5) is 4.39 Å². The summed E-state index contributed by atoms with van der Waals surface area (Å²) in [6.07, 6.45) is 0. The van der Waals surface area contributed by atoms with E-state index in [1.165, 1.54) is 18.2 Å². The molecule has 0 saturated heterocycles. The number of halogens is 1. The number of nitrogens with zero attached hydrogens (tertiary/aromatic N) is 1. The highest BCUT2D eigenvalue weighted by molar-refractivity contribution is 7.89. The van der Waals surface area contributed by atoms with Crippen molar-refractivity contribution in [2.75, 3.05) is 0 Å². The second-order valence-electron chi connectivity index (χ2n) is 6.81. The van der Waals surface area contributed by atoms with E-state index in [1.54, 1.807) is 30.3 Å². The number of primary sulfonamides is 1. The van der Waals surface area contributed by atoms with Crippen molar-refractivity contribution in [3.8, 4) is 22.6 Å². The molecule has 158 valence electrons. The standard InChI is InChI=1S/C23H19FN2O4S/c24-18-12-10-17(11-13-18)22-23(19-8-4-5-9-20(19)31(25,27)28)30-21(26-22)15-29-14-16-6-2-1-3-7-16/h1-13H,14-15H2,(H2,25,27,28). The molecule has 0 saturated carbocycles.